The van der Waals surface area contributed by atoms with Crippen molar-refractivity contribution in [3.05, 3.63) is 58.1 Å². The quantitative estimate of drug-likeness (QED) is 0.321. The summed E-state index contributed by atoms with van der Waals surface area (Å²) >= 11 is 12.4. The van der Waals surface area contributed by atoms with Gasteiger partial charge in [0.2, 0.25) is 11.8 Å². The number of carbonyl (C=O) groups is 4. The molecule has 9 nitrogen and oxygen atoms in total. The summed E-state index contributed by atoms with van der Waals surface area (Å²) in [4.78, 5) is 46.7. The smallest absolute Gasteiger partial charge is 0.326 e. The Kier molecular flexibility index (Phi) is 9.50. The molecule has 0 aromatic heterocycles. The Bertz CT molecular complexity index is 1030. The van der Waals surface area contributed by atoms with Crippen LogP contribution < -0.4 is 16.0 Å². The molecule has 2 rings (SSSR count). The molecule has 2 amide bonds. The summed E-state index contributed by atoms with van der Waals surface area (Å²) in [5.41, 5.74) is 1.70. The molecule has 0 heterocycles. The van der Waals surface area contributed by atoms with Crippen molar-refractivity contribution in [2.45, 2.75) is 38.3 Å². The Morgan fingerprint density at radius 1 is 0.939 bits per heavy atom. The van der Waals surface area contributed by atoms with Crippen LogP contribution in [-0.4, -0.2) is 46.0 Å². The molecule has 0 spiro atoms. The monoisotopic (exact) mass is 495 g/mol. The average Bonchev–Trinajstić information content (AvgIpc) is 2.74. The van der Waals surface area contributed by atoms with E-state index >= 15 is 0 Å². The Morgan fingerprint density at radius 2 is 1.58 bits per heavy atom. The van der Waals surface area contributed by atoms with Gasteiger partial charge in [-0.1, -0.05) is 47.5 Å². The Labute approximate surface area is 200 Å². The number of aliphatic carboxylic acids is 2. The number of amides is 2. The molecule has 0 radical (unpaired) electrons. The van der Waals surface area contributed by atoms with Crippen LogP contribution in [0.5, 0.6) is 0 Å². The van der Waals surface area contributed by atoms with Crippen LogP contribution in [-0.2, 0) is 25.6 Å². The van der Waals surface area contributed by atoms with Gasteiger partial charge >= 0.3 is 11.9 Å². The number of carbonyl (C=O) groups excluding carboxylic acids is 2. The largest absolute Gasteiger partial charge is 0.481 e. The van der Waals surface area contributed by atoms with Gasteiger partial charge in [-0.3, -0.25) is 14.4 Å². The van der Waals surface area contributed by atoms with Crippen LogP contribution in [0.15, 0.2) is 42.5 Å². The van der Waals surface area contributed by atoms with E-state index in [9.17, 15) is 19.2 Å². The van der Waals surface area contributed by atoms with E-state index < -0.39 is 42.3 Å². The lowest BCUT2D eigenvalue weighted by Crippen LogP contribution is -2.50. The summed E-state index contributed by atoms with van der Waals surface area (Å²) < 4.78 is 0. The lowest BCUT2D eigenvalue weighted by atomic mass is 10.1. The van der Waals surface area contributed by atoms with E-state index in [1.54, 1.807) is 42.5 Å². The third-order valence-corrected chi connectivity index (χ3v) is 5.25. The third kappa shape index (κ3) is 7.96. The highest BCUT2D eigenvalue weighted by molar-refractivity contribution is 6.39. The summed E-state index contributed by atoms with van der Waals surface area (Å²) in [6.07, 6.45) is -0.776. The molecule has 0 bridgehead atoms. The van der Waals surface area contributed by atoms with E-state index in [0.717, 1.165) is 0 Å². The van der Waals surface area contributed by atoms with E-state index in [0.29, 0.717) is 27.0 Å². The lowest BCUT2D eigenvalue weighted by Gasteiger charge is -2.19. The normalized spacial score (nSPS) is 12.3. The third-order valence-electron chi connectivity index (χ3n) is 4.62. The van der Waals surface area contributed by atoms with Gasteiger partial charge in [0.25, 0.3) is 0 Å². The number of para-hydroxylation sites is 2. The molecule has 0 aliphatic heterocycles. The van der Waals surface area contributed by atoms with Gasteiger partial charge in [0.1, 0.15) is 12.1 Å². The first-order valence-electron chi connectivity index (χ1n) is 9.91. The molecule has 176 valence electrons. The van der Waals surface area contributed by atoms with Crippen LogP contribution in [0.2, 0.25) is 10.0 Å². The predicted octanol–water partition coefficient (Wildman–Crippen LogP) is 3.22. The number of hydrogen-bond donors (Lipinski definition) is 5. The highest BCUT2D eigenvalue weighted by atomic mass is 35.5. The summed E-state index contributed by atoms with van der Waals surface area (Å²) in [5, 5.41) is 26.6. The fourth-order valence-electron chi connectivity index (χ4n) is 2.90. The van der Waals surface area contributed by atoms with Crippen LogP contribution in [0.4, 0.5) is 11.4 Å². The zero-order valence-electron chi connectivity index (χ0n) is 17.6. The minimum absolute atomic E-state index is 0.0791. The van der Waals surface area contributed by atoms with Crippen LogP contribution in [0.3, 0.4) is 0 Å². The number of rotatable bonds is 11. The summed E-state index contributed by atoms with van der Waals surface area (Å²) in [6, 6.07) is 9.63. The second kappa shape index (κ2) is 12.1. The number of anilines is 2. The van der Waals surface area contributed by atoms with Crippen LogP contribution in [0, 0.1) is 0 Å². The zero-order valence-corrected chi connectivity index (χ0v) is 19.1. The van der Waals surface area contributed by atoms with Gasteiger partial charge < -0.3 is 26.2 Å². The first-order valence-corrected chi connectivity index (χ1v) is 10.7. The number of carboxylic acids is 2. The number of carboxylic acid groups (broad SMARTS) is 2. The molecule has 0 unspecified atom stereocenters. The maximum Gasteiger partial charge on any atom is 0.326 e. The van der Waals surface area contributed by atoms with E-state index in [2.05, 4.69) is 16.0 Å². The van der Waals surface area contributed by atoms with Gasteiger partial charge in [0.15, 0.2) is 0 Å². The molecule has 2 aromatic carbocycles. The molecule has 2 aromatic rings. The average molecular weight is 496 g/mol. The maximum atomic E-state index is 12.5. The summed E-state index contributed by atoms with van der Waals surface area (Å²) in [7, 11) is 0. The molecule has 0 aliphatic carbocycles. The zero-order chi connectivity index (χ0) is 24.5. The highest BCUT2D eigenvalue weighted by Crippen LogP contribution is 2.33. The van der Waals surface area contributed by atoms with E-state index in [4.69, 9.17) is 33.4 Å². The molecular formula is C22H23Cl2N3O6. The van der Waals surface area contributed by atoms with Crippen molar-refractivity contribution in [2.24, 2.45) is 0 Å². The number of nitrogens with one attached hydrogen (secondary N) is 3. The minimum atomic E-state index is -1.38. The highest BCUT2D eigenvalue weighted by Gasteiger charge is 2.24. The van der Waals surface area contributed by atoms with Crippen molar-refractivity contribution in [1.82, 2.24) is 10.6 Å². The fraction of sp³-hybridized carbons (Fsp3) is 0.273. The molecule has 0 saturated carbocycles. The van der Waals surface area contributed by atoms with Gasteiger partial charge in [0, 0.05) is 12.1 Å². The van der Waals surface area contributed by atoms with Gasteiger partial charge in [-0.05, 0) is 37.1 Å². The number of benzene rings is 2. The topological polar surface area (TPSA) is 145 Å². The molecule has 33 heavy (non-hydrogen) atoms. The van der Waals surface area contributed by atoms with Gasteiger partial charge in [0.05, 0.1) is 22.2 Å². The lowest BCUT2D eigenvalue weighted by molar-refractivity contribution is -0.143. The van der Waals surface area contributed by atoms with E-state index in [-0.39, 0.29) is 12.8 Å². The van der Waals surface area contributed by atoms with Crippen molar-refractivity contribution in [3.8, 4) is 0 Å². The molecule has 2 atom stereocenters. The molecule has 0 saturated heterocycles. The Hall–Kier alpha value is -3.30. The van der Waals surface area contributed by atoms with Crippen molar-refractivity contribution >= 4 is 58.3 Å². The van der Waals surface area contributed by atoms with Crippen LogP contribution >= 0.6 is 23.2 Å². The molecule has 0 aliphatic rings. The van der Waals surface area contributed by atoms with Gasteiger partial charge in [-0.15, -0.1) is 0 Å². The molecule has 5 N–H and O–H groups in total. The Balaban J connectivity index is 2.02. The second-order valence-corrected chi connectivity index (χ2v) is 7.99. The van der Waals surface area contributed by atoms with Crippen molar-refractivity contribution in [1.29, 1.82) is 0 Å². The van der Waals surface area contributed by atoms with Crippen molar-refractivity contribution in [2.75, 3.05) is 5.32 Å². The first kappa shape index (κ1) is 26.0. The first-order chi connectivity index (χ1) is 15.6. The molecular weight excluding hydrogens is 473 g/mol. The van der Waals surface area contributed by atoms with Gasteiger partial charge in [-0.25, -0.2) is 4.79 Å². The van der Waals surface area contributed by atoms with Gasteiger partial charge in [-0.2, -0.15) is 0 Å². The number of halogens is 2. The fourth-order valence-corrected chi connectivity index (χ4v) is 3.39. The summed E-state index contributed by atoms with van der Waals surface area (Å²) in [6.45, 7) is 1.40. The standard InChI is InChI=1S/C22H23Cl2N3O6/c1-12(21(31)27-17(22(32)33)9-10-19(29)30)25-18(28)11-13-5-2-3-8-16(13)26-20-14(23)6-4-7-15(20)24/h2-8,12,17,26H,9-11H2,1H3,(H,25,28)(H,27,31)(H,29,30)(H,32,33)/t12-,17+/m0/s1. The van der Waals surface area contributed by atoms with Crippen LogP contribution in [0.25, 0.3) is 0 Å². The molecule has 11 heteroatoms. The minimum Gasteiger partial charge on any atom is -0.481 e. The van der Waals surface area contributed by atoms with Crippen LogP contribution in [0.1, 0.15) is 25.3 Å². The predicted molar refractivity (Wildman–Crippen MR) is 124 cm³/mol. The number of hydrogen-bond acceptors (Lipinski definition) is 5. The second-order valence-electron chi connectivity index (χ2n) is 7.18. The van der Waals surface area contributed by atoms with E-state index in [1.807, 2.05) is 0 Å². The Morgan fingerprint density at radius 3 is 2.18 bits per heavy atom. The van der Waals surface area contributed by atoms with E-state index in [1.165, 1.54) is 6.92 Å². The van der Waals surface area contributed by atoms with Crippen molar-refractivity contribution < 1.29 is 29.4 Å². The SMILES string of the molecule is C[C@H](NC(=O)Cc1ccccc1Nc1c(Cl)cccc1Cl)C(=O)N[C@H](CCC(=O)O)C(=O)O. The van der Waals surface area contributed by atoms with Crippen molar-refractivity contribution in [3.63, 3.8) is 0 Å². The maximum absolute atomic E-state index is 12.5. The molecule has 0 fully saturated rings. The summed E-state index contributed by atoms with van der Waals surface area (Å²) in [5.74, 6) is -3.76.